The van der Waals surface area contributed by atoms with Gasteiger partial charge in [0.25, 0.3) is 5.91 Å². The molecule has 1 N–H and O–H groups in total. The van der Waals surface area contributed by atoms with Gasteiger partial charge in [0.1, 0.15) is 0 Å². The molecule has 0 spiro atoms. The van der Waals surface area contributed by atoms with E-state index in [0.29, 0.717) is 28.0 Å². The maximum Gasteiger partial charge on any atom is 0.250 e. The molecular weight excluding hydrogens is 530 g/mol. The Bertz CT molecular complexity index is 1330. The average Bonchev–Trinajstić information content (AvgIpc) is 3.32. The molecule has 0 atom stereocenters. The van der Waals surface area contributed by atoms with E-state index in [4.69, 9.17) is 9.47 Å². The minimum absolute atomic E-state index is 0.109. The van der Waals surface area contributed by atoms with Gasteiger partial charge >= 0.3 is 0 Å². The number of nitrogens with zero attached hydrogens (tertiary/aromatic N) is 4. The number of rotatable bonds is 9. The minimum atomic E-state index is -0.277. The molecule has 1 amide bonds. The molecule has 0 bridgehead atoms. The first-order chi connectivity index (χ1) is 17.1. The van der Waals surface area contributed by atoms with Crippen molar-refractivity contribution in [2.75, 3.05) is 20.0 Å². The Hall–Kier alpha value is -3.63. The lowest BCUT2D eigenvalue weighted by Gasteiger charge is -2.10. The molecule has 35 heavy (non-hydrogen) atoms. The van der Waals surface area contributed by atoms with Gasteiger partial charge in [0, 0.05) is 21.3 Å². The monoisotopic (exact) mass is 551 g/mol. The lowest BCUT2D eigenvalue weighted by atomic mass is 10.2. The fraction of sp³-hybridized carbons (Fsp3) is 0.120. The van der Waals surface area contributed by atoms with Gasteiger partial charge < -0.3 is 9.47 Å². The summed E-state index contributed by atoms with van der Waals surface area (Å²) in [5.41, 5.74) is 5.05. The number of hydrazone groups is 1. The normalized spacial score (nSPS) is 10.9. The molecule has 4 aromatic rings. The summed E-state index contributed by atoms with van der Waals surface area (Å²) in [6.45, 7) is 0. The largest absolute Gasteiger partial charge is 0.493 e. The molecule has 0 unspecified atom stereocenters. The van der Waals surface area contributed by atoms with Gasteiger partial charge in [-0.25, -0.2) is 5.43 Å². The molecular formula is C25H22BrN5O3S. The van der Waals surface area contributed by atoms with Crippen LogP contribution >= 0.6 is 27.7 Å². The van der Waals surface area contributed by atoms with Crippen LogP contribution < -0.4 is 14.9 Å². The Morgan fingerprint density at radius 2 is 1.80 bits per heavy atom. The fourth-order valence-electron chi connectivity index (χ4n) is 3.31. The molecule has 0 saturated heterocycles. The standard InChI is InChI=1S/C25H22BrN5O3S/c1-33-21-10-6-7-18(23(21)34-2)15-27-28-22(32)16-35-25-30-29-24(17-11-13-19(26)14-12-17)31(25)20-8-4-3-5-9-20/h3-15H,16H2,1-2H3,(H,28,32)/b27-15+. The van der Waals surface area contributed by atoms with E-state index in [1.54, 1.807) is 20.3 Å². The van der Waals surface area contributed by atoms with Crippen LogP contribution in [0.1, 0.15) is 5.56 Å². The van der Waals surface area contributed by atoms with Crippen molar-refractivity contribution < 1.29 is 14.3 Å². The van der Waals surface area contributed by atoms with Crippen LogP contribution in [0.25, 0.3) is 17.1 Å². The molecule has 8 nitrogen and oxygen atoms in total. The van der Waals surface area contributed by atoms with Crippen molar-refractivity contribution in [2.24, 2.45) is 5.10 Å². The van der Waals surface area contributed by atoms with Crippen molar-refractivity contribution in [3.8, 4) is 28.6 Å². The molecule has 1 aromatic heterocycles. The number of carbonyl (C=O) groups is 1. The smallest absolute Gasteiger partial charge is 0.250 e. The fourth-order valence-corrected chi connectivity index (χ4v) is 4.32. The molecule has 0 aliphatic rings. The number of thioether (sulfide) groups is 1. The van der Waals surface area contributed by atoms with Crippen LogP contribution in [-0.4, -0.2) is 46.9 Å². The van der Waals surface area contributed by atoms with Gasteiger partial charge in [-0.05, 0) is 36.4 Å². The first-order valence-electron chi connectivity index (χ1n) is 10.5. The molecule has 1 heterocycles. The second kappa shape index (κ2) is 11.7. The Balaban J connectivity index is 1.49. The van der Waals surface area contributed by atoms with E-state index in [-0.39, 0.29) is 11.7 Å². The average molecular weight is 552 g/mol. The van der Waals surface area contributed by atoms with Gasteiger partial charge in [-0.2, -0.15) is 5.10 Å². The van der Waals surface area contributed by atoms with Crippen molar-refractivity contribution in [3.63, 3.8) is 0 Å². The van der Waals surface area contributed by atoms with E-state index >= 15 is 0 Å². The number of aromatic nitrogens is 3. The van der Waals surface area contributed by atoms with Crippen LogP contribution in [0.5, 0.6) is 11.5 Å². The maximum absolute atomic E-state index is 12.5. The summed E-state index contributed by atoms with van der Waals surface area (Å²) < 4.78 is 13.6. The summed E-state index contributed by atoms with van der Waals surface area (Å²) in [4.78, 5) is 12.5. The highest BCUT2D eigenvalue weighted by Crippen LogP contribution is 2.30. The molecule has 0 aliphatic heterocycles. The van der Waals surface area contributed by atoms with Gasteiger partial charge in [0.15, 0.2) is 22.5 Å². The maximum atomic E-state index is 12.5. The zero-order valence-electron chi connectivity index (χ0n) is 19.0. The van der Waals surface area contributed by atoms with Crippen molar-refractivity contribution in [3.05, 3.63) is 82.8 Å². The molecule has 0 radical (unpaired) electrons. The summed E-state index contributed by atoms with van der Waals surface area (Å²) >= 11 is 4.74. The Morgan fingerprint density at radius 3 is 2.51 bits per heavy atom. The number of carbonyl (C=O) groups excluding carboxylic acids is 1. The lowest BCUT2D eigenvalue weighted by Crippen LogP contribution is -2.20. The second-order valence-electron chi connectivity index (χ2n) is 7.15. The quantitative estimate of drug-likeness (QED) is 0.180. The van der Waals surface area contributed by atoms with E-state index in [1.807, 2.05) is 71.3 Å². The summed E-state index contributed by atoms with van der Waals surface area (Å²) in [7, 11) is 3.12. The number of halogens is 1. The van der Waals surface area contributed by atoms with E-state index in [2.05, 4.69) is 36.7 Å². The van der Waals surface area contributed by atoms with Crippen LogP contribution in [0.3, 0.4) is 0 Å². The Morgan fingerprint density at radius 1 is 1.03 bits per heavy atom. The van der Waals surface area contributed by atoms with E-state index in [9.17, 15) is 4.79 Å². The van der Waals surface area contributed by atoms with Crippen LogP contribution in [0.15, 0.2) is 87.5 Å². The number of nitrogens with one attached hydrogen (secondary N) is 1. The van der Waals surface area contributed by atoms with E-state index in [1.165, 1.54) is 18.0 Å². The van der Waals surface area contributed by atoms with Gasteiger partial charge in [-0.15, -0.1) is 10.2 Å². The third-order valence-corrected chi connectivity index (χ3v) is 6.37. The van der Waals surface area contributed by atoms with Crippen LogP contribution in [0.4, 0.5) is 0 Å². The Kier molecular flexibility index (Phi) is 8.17. The summed E-state index contributed by atoms with van der Waals surface area (Å²) in [5, 5.41) is 13.4. The van der Waals surface area contributed by atoms with E-state index in [0.717, 1.165) is 15.7 Å². The highest BCUT2D eigenvalue weighted by molar-refractivity contribution is 9.10. The van der Waals surface area contributed by atoms with Crippen molar-refractivity contribution in [1.82, 2.24) is 20.2 Å². The first kappa shape index (κ1) is 24.5. The van der Waals surface area contributed by atoms with Gasteiger partial charge in [-0.1, -0.05) is 64.1 Å². The van der Waals surface area contributed by atoms with Gasteiger partial charge in [0.2, 0.25) is 0 Å². The van der Waals surface area contributed by atoms with Crippen molar-refractivity contribution in [2.45, 2.75) is 5.16 Å². The molecule has 0 aliphatic carbocycles. The molecule has 178 valence electrons. The summed E-state index contributed by atoms with van der Waals surface area (Å²) in [6.07, 6.45) is 1.52. The van der Waals surface area contributed by atoms with Gasteiger partial charge in [0.05, 0.1) is 26.2 Å². The second-order valence-corrected chi connectivity index (χ2v) is 9.01. The SMILES string of the molecule is COc1cccc(/C=N/NC(=O)CSc2nnc(-c3ccc(Br)cc3)n2-c2ccccc2)c1OC. The third-order valence-electron chi connectivity index (χ3n) is 4.91. The number of ether oxygens (including phenoxy) is 2. The van der Waals surface area contributed by atoms with Gasteiger partial charge in [-0.3, -0.25) is 9.36 Å². The molecule has 10 heteroatoms. The highest BCUT2D eigenvalue weighted by atomic mass is 79.9. The number of hydrogen-bond donors (Lipinski definition) is 1. The summed E-state index contributed by atoms with van der Waals surface area (Å²) in [5.74, 6) is 1.65. The van der Waals surface area contributed by atoms with Crippen LogP contribution in [0.2, 0.25) is 0 Å². The zero-order chi connectivity index (χ0) is 24.6. The lowest BCUT2D eigenvalue weighted by molar-refractivity contribution is -0.118. The van der Waals surface area contributed by atoms with Crippen molar-refractivity contribution >= 4 is 39.8 Å². The number of amides is 1. The molecule has 0 saturated carbocycles. The zero-order valence-corrected chi connectivity index (χ0v) is 21.4. The third kappa shape index (κ3) is 5.90. The van der Waals surface area contributed by atoms with E-state index < -0.39 is 0 Å². The predicted octanol–water partition coefficient (Wildman–Crippen LogP) is 4.96. The highest BCUT2D eigenvalue weighted by Gasteiger charge is 2.17. The minimum Gasteiger partial charge on any atom is -0.493 e. The predicted molar refractivity (Wildman–Crippen MR) is 141 cm³/mol. The summed E-state index contributed by atoms with van der Waals surface area (Å²) in [6, 6.07) is 23.1. The van der Waals surface area contributed by atoms with Crippen molar-refractivity contribution in [1.29, 1.82) is 0 Å². The first-order valence-corrected chi connectivity index (χ1v) is 12.3. The van der Waals surface area contributed by atoms with Crippen LogP contribution in [-0.2, 0) is 4.79 Å². The topological polar surface area (TPSA) is 90.6 Å². The number of para-hydroxylation sites is 2. The number of methoxy groups -OCH3 is 2. The number of hydrogen-bond acceptors (Lipinski definition) is 7. The van der Waals surface area contributed by atoms with Crippen LogP contribution in [0, 0.1) is 0 Å². The number of benzene rings is 3. The molecule has 0 fully saturated rings. The molecule has 4 rings (SSSR count). The molecule has 3 aromatic carbocycles. The Labute approximate surface area is 215 Å².